The highest BCUT2D eigenvalue weighted by Gasteiger charge is 2.37. The molecule has 210 valence electrons. The number of benzene rings is 1. The molecule has 1 aliphatic carbocycles. The van der Waals surface area contributed by atoms with E-state index in [1.807, 2.05) is 24.3 Å². The molecule has 2 saturated heterocycles. The Kier molecular flexibility index (Phi) is 6.83. The summed E-state index contributed by atoms with van der Waals surface area (Å²) >= 11 is 6.46. The third-order valence-corrected chi connectivity index (χ3v) is 9.09. The van der Waals surface area contributed by atoms with Crippen LogP contribution in [0.25, 0.3) is 34.1 Å². The molecule has 0 bridgehead atoms. The minimum Gasteiger partial charge on any atom is -0.376 e. The highest BCUT2D eigenvalue weighted by atomic mass is 35.5. The van der Waals surface area contributed by atoms with E-state index < -0.39 is 5.76 Å². The molecule has 2 aliphatic heterocycles. The molecule has 40 heavy (non-hydrogen) atoms. The molecule has 0 amide bonds. The van der Waals surface area contributed by atoms with Crippen LogP contribution in [0.1, 0.15) is 58.3 Å². The zero-order valence-corrected chi connectivity index (χ0v) is 23.4. The largest absolute Gasteiger partial charge is 0.439 e. The second-order valence-electron chi connectivity index (χ2n) is 11.6. The fourth-order valence-electron chi connectivity index (χ4n) is 6.79. The Labute approximate surface area is 237 Å². The summed E-state index contributed by atoms with van der Waals surface area (Å²) in [6.45, 7) is 4.96. The quantitative estimate of drug-likeness (QED) is 0.340. The second-order valence-corrected chi connectivity index (χ2v) is 12.1. The smallest absolute Gasteiger partial charge is 0.376 e. The van der Waals surface area contributed by atoms with E-state index in [0.29, 0.717) is 28.3 Å². The van der Waals surface area contributed by atoms with Gasteiger partial charge in [-0.3, -0.25) is 9.51 Å². The third kappa shape index (κ3) is 4.81. The summed E-state index contributed by atoms with van der Waals surface area (Å²) < 4.78 is 13.4. The van der Waals surface area contributed by atoms with Crippen LogP contribution in [0.3, 0.4) is 0 Å². The number of anilines is 1. The van der Waals surface area contributed by atoms with Gasteiger partial charge in [-0.2, -0.15) is 4.98 Å². The number of aromatic amines is 1. The Bertz CT molecular complexity index is 1570. The standard InChI is InChI=1S/C29H34ClN7O3/c1-17-9-11-18(12-10-17)16-37-24-23(19-5-2-6-20(30)15-19)31-26(27-34-29(38)40-35-27)32-25(24)33-28(37)36-13-3-8-22-21(36)7-4-14-39-22/h2,5-6,15,17-18,21-22H,3-4,7-14,16H2,1H3,(H,34,35,38). The molecule has 11 heteroatoms. The number of aromatic nitrogens is 6. The number of ether oxygens (including phenoxy) is 1. The van der Waals surface area contributed by atoms with Gasteiger partial charge >= 0.3 is 5.76 Å². The SMILES string of the molecule is CC1CCC(Cn2c(N3CCCC4OCCCC43)nc3nc(-c4noc(=O)[nH]4)nc(-c4cccc(Cl)c4)c32)CC1. The van der Waals surface area contributed by atoms with Crippen LogP contribution in [-0.4, -0.2) is 55.0 Å². The number of piperidine rings is 1. The summed E-state index contributed by atoms with van der Waals surface area (Å²) in [7, 11) is 0. The average molecular weight is 564 g/mol. The molecular weight excluding hydrogens is 530 g/mol. The van der Waals surface area contributed by atoms with E-state index in [-0.39, 0.29) is 17.8 Å². The van der Waals surface area contributed by atoms with Crippen molar-refractivity contribution >= 4 is 28.7 Å². The maximum absolute atomic E-state index is 11.8. The first-order valence-corrected chi connectivity index (χ1v) is 14.9. The van der Waals surface area contributed by atoms with Crippen molar-refractivity contribution < 1.29 is 9.26 Å². The highest BCUT2D eigenvalue weighted by Crippen LogP contribution is 2.39. The van der Waals surface area contributed by atoms with Crippen LogP contribution < -0.4 is 10.7 Å². The number of nitrogens with zero attached hydrogens (tertiary/aromatic N) is 6. The number of H-pyrrole nitrogens is 1. The van der Waals surface area contributed by atoms with Crippen LogP contribution in [0.4, 0.5) is 5.95 Å². The minimum absolute atomic E-state index is 0.172. The monoisotopic (exact) mass is 563 g/mol. The third-order valence-electron chi connectivity index (χ3n) is 8.86. The first-order chi connectivity index (χ1) is 19.5. The van der Waals surface area contributed by atoms with Gasteiger partial charge in [0.25, 0.3) is 0 Å². The van der Waals surface area contributed by atoms with Gasteiger partial charge in [-0.15, -0.1) is 0 Å². The molecule has 7 rings (SSSR count). The Morgan fingerprint density at radius 3 is 2.75 bits per heavy atom. The van der Waals surface area contributed by atoms with Crippen molar-refractivity contribution in [3.63, 3.8) is 0 Å². The molecule has 2 unspecified atom stereocenters. The van der Waals surface area contributed by atoms with Crippen LogP contribution in [0, 0.1) is 11.8 Å². The molecular formula is C29H34ClN7O3. The van der Waals surface area contributed by atoms with Crippen molar-refractivity contribution in [2.75, 3.05) is 18.1 Å². The summed E-state index contributed by atoms with van der Waals surface area (Å²) in [6, 6.07) is 7.96. The van der Waals surface area contributed by atoms with E-state index in [4.69, 9.17) is 35.8 Å². The maximum atomic E-state index is 11.8. The summed E-state index contributed by atoms with van der Waals surface area (Å²) in [6.07, 6.45) is 9.39. The van der Waals surface area contributed by atoms with Crippen molar-refractivity contribution in [3.8, 4) is 22.9 Å². The lowest BCUT2D eigenvalue weighted by Gasteiger charge is -2.44. The lowest BCUT2D eigenvalue weighted by molar-refractivity contribution is -0.0158. The van der Waals surface area contributed by atoms with Crippen molar-refractivity contribution in [1.82, 2.24) is 29.7 Å². The fourth-order valence-corrected chi connectivity index (χ4v) is 6.98. The molecule has 3 fully saturated rings. The number of rotatable bonds is 5. The molecule has 3 aliphatic rings. The molecule has 10 nitrogen and oxygen atoms in total. The van der Waals surface area contributed by atoms with Crippen LogP contribution in [0.15, 0.2) is 33.6 Å². The molecule has 2 atom stereocenters. The Morgan fingerprint density at radius 2 is 1.95 bits per heavy atom. The molecule has 5 heterocycles. The summed E-state index contributed by atoms with van der Waals surface area (Å²) in [4.78, 5) is 31.8. The van der Waals surface area contributed by atoms with Gasteiger partial charge in [0.1, 0.15) is 11.2 Å². The predicted octanol–water partition coefficient (Wildman–Crippen LogP) is 5.46. The van der Waals surface area contributed by atoms with Gasteiger partial charge in [0.15, 0.2) is 5.65 Å². The zero-order valence-electron chi connectivity index (χ0n) is 22.7. The molecule has 0 spiro atoms. The average Bonchev–Trinajstić information content (AvgIpc) is 3.57. The number of halogens is 1. The van der Waals surface area contributed by atoms with Crippen molar-refractivity contribution in [1.29, 1.82) is 0 Å². The van der Waals surface area contributed by atoms with Gasteiger partial charge in [0.05, 0.1) is 12.1 Å². The number of nitrogens with one attached hydrogen (secondary N) is 1. The Morgan fingerprint density at radius 1 is 1.07 bits per heavy atom. The van der Waals surface area contributed by atoms with Gasteiger partial charge in [0, 0.05) is 30.3 Å². The van der Waals surface area contributed by atoms with E-state index in [2.05, 4.69) is 26.5 Å². The number of imidazole rings is 1. The summed E-state index contributed by atoms with van der Waals surface area (Å²) in [5.41, 5.74) is 3.02. The second kappa shape index (κ2) is 10.6. The number of hydrogen-bond donors (Lipinski definition) is 1. The zero-order chi connectivity index (χ0) is 27.2. The molecule has 1 N–H and O–H groups in total. The van der Waals surface area contributed by atoms with Crippen LogP contribution in [0.2, 0.25) is 5.02 Å². The van der Waals surface area contributed by atoms with Crippen LogP contribution in [0.5, 0.6) is 0 Å². The summed E-state index contributed by atoms with van der Waals surface area (Å²) in [5, 5.41) is 4.48. The lowest BCUT2D eigenvalue weighted by atomic mass is 9.83. The molecule has 1 aromatic carbocycles. The van der Waals surface area contributed by atoms with Crippen molar-refractivity contribution in [2.45, 2.75) is 77.0 Å². The fraction of sp³-hybridized carbons (Fsp3) is 0.552. The molecule has 1 saturated carbocycles. The van der Waals surface area contributed by atoms with Crippen LogP contribution in [-0.2, 0) is 11.3 Å². The molecule has 3 aromatic heterocycles. The maximum Gasteiger partial charge on any atom is 0.439 e. The number of hydrogen-bond acceptors (Lipinski definition) is 8. The van der Waals surface area contributed by atoms with Crippen molar-refractivity contribution in [2.24, 2.45) is 11.8 Å². The highest BCUT2D eigenvalue weighted by molar-refractivity contribution is 6.30. The van der Waals surface area contributed by atoms with Gasteiger partial charge in [-0.1, -0.05) is 48.7 Å². The predicted molar refractivity (Wildman–Crippen MR) is 152 cm³/mol. The van der Waals surface area contributed by atoms with E-state index in [1.165, 1.54) is 25.7 Å². The van der Waals surface area contributed by atoms with Gasteiger partial charge in [0.2, 0.25) is 17.6 Å². The van der Waals surface area contributed by atoms with E-state index >= 15 is 0 Å². The Hall–Kier alpha value is -3.24. The van der Waals surface area contributed by atoms with Gasteiger partial charge < -0.3 is 14.2 Å². The molecule has 4 aromatic rings. The van der Waals surface area contributed by atoms with E-state index in [9.17, 15) is 4.79 Å². The summed E-state index contributed by atoms with van der Waals surface area (Å²) in [5.74, 6) is 2.03. The topological polar surface area (TPSA) is 115 Å². The minimum atomic E-state index is -0.655. The normalized spacial score (nSPS) is 25.3. The Balaban J connectivity index is 1.44. The number of fused-ring (bicyclic) bond motifs is 2. The van der Waals surface area contributed by atoms with Gasteiger partial charge in [-0.25, -0.2) is 14.8 Å². The van der Waals surface area contributed by atoms with Crippen molar-refractivity contribution in [3.05, 3.63) is 39.8 Å². The molecule has 0 radical (unpaired) electrons. The lowest BCUT2D eigenvalue weighted by Crippen LogP contribution is -2.52. The van der Waals surface area contributed by atoms with E-state index in [1.54, 1.807) is 0 Å². The van der Waals surface area contributed by atoms with E-state index in [0.717, 1.165) is 68.3 Å². The van der Waals surface area contributed by atoms with Crippen LogP contribution >= 0.6 is 11.6 Å². The first-order valence-electron chi connectivity index (χ1n) is 14.5. The first kappa shape index (κ1) is 25.7. The van der Waals surface area contributed by atoms with Gasteiger partial charge in [-0.05, 0) is 62.5 Å².